The van der Waals surface area contributed by atoms with Gasteiger partial charge in [0.2, 0.25) is 5.92 Å². The Morgan fingerprint density at radius 1 is 0.778 bits per heavy atom. The van der Waals surface area contributed by atoms with Crippen molar-refractivity contribution in [2.45, 2.75) is 88.6 Å². The van der Waals surface area contributed by atoms with Gasteiger partial charge in [0.05, 0.1) is 0 Å². The first-order valence-electron chi connectivity index (χ1n) is 7.71. The molecule has 1 nitrogen and oxygen atoms in total. The molecule has 0 aromatic carbocycles. The number of rotatable bonds is 2. The van der Waals surface area contributed by atoms with E-state index in [1.54, 1.807) is 0 Å². The molecule has 0 radical (unpaired) electrons. The van der Waals surface area contributed by atoms with Gasteiger partial charge in [0.1, 0.15) is 0 Å². The number of hydrogen-bond donors (Lipinski definition) is 1. The second kappa shape index (κ2) is 4.73. The lowest BCUT2D eigenvalue weighted by atomic mass is 9.57. The molecule has 0 amide bonds. The summed E-state index contributed by atoms with van der Waals surface area (Å²) in [6.07, 6.45) is 10.8. The van der Waals surface area contributed by atoms with E-state index in [4.69, 9.17) is 0 Å². The van der Waals surface area contributed by atoms with E-state index in [9.17, 15) is 8.78 Å². The standard InChI is InChI=1S/C15H25F2N/c16-15(17)8-6-14(7-9-15)10-13(11-14)18-12-4-2-1-3-5-12/h12-13,18H,1-11H2. The Balaban J connectivity index is 1.42. The van der Waals surface area contributed by atoms with Gasteiger partial charge >= 0.3 is 0 Å². The quantitative estimate of drug-likeness (QED) is 0.779. The van der Waals surface area contributed by atoms with Gasteiger partial charge in [0.15, 0.2) is 0 Å². The highest BCUT2D eigenvalue weighted by molar-refractivity contribution is 5.02. The maximum Gasteiger partial charge on any atom is 0.248 e. The summed E-state index contributed by atoms with van der Waals surface area (Å²) < 4.78 is 26.3. The number of alkyl halides is 2. The minimum atomic E-state index is -2.37. The summed E-state index contributed by atoms with van der Waals surface area (Å²) in [4.78, 5) is 0. The summed E-state index contributed by atoms with van der Waals surface area (Å²) in [5.41, 5.74) is 0.286. The van der Waals surface area contributed by atoms with Crippen LogP contribution in [0, 0.1) is 5.41 Å². The molecule has 0 unspecified atom stereocenters. The van der Waals surface area contributed by atoms with Gasteiger partial charge in [-0.1, -0.05) is 19.3 Å². The van der Waals surface area contributed by atoms with E-state index in [1.807, 2.05) is 0 Å². The smallest absolute Gasteiger partial charge is 0.248 e. The predicted octanol–water partition coefficient (Wildman–Crippen LogP) is 4.27. The van der Waals surface area contributed by atoms with Crippen LogP contribution in [0.1, 0.15) is 70.6 Å². The van der Waals surface area contributed by atoms with Crippen LogP contribution >= 0.6 is 0 Å². The van der Waals surface area contributed by atoms with Gasteiger partial charge in [-0.3, -0.25) is 0 Å². The van der Waals surface area contributed by atoms with Gasteiger partial charge in [0, 0.05) is 24.9 Å². The van der Waals surface area contributed by atoms with E-state index in [0.29, 0.717) is 12.1 Å². The van der Waals surface area contributed by atoms with Crippen molar-refractivity contribution in [3.05, 3.63) is 0 Å². The fourth-order valence-corrected chi connectivity index (χ4v) is 4.26. The van der Waals surface area contributed by atoms with Crippen LogP contribution in [0.5, 0.6) is 0 Å². The van der Waals surface area contributed by atoms with Crippen LogP contribution in [-0.4, -0.2) is 18.0 Å². The Morgan fingerprint density at radius 2 is 1.39 bits per heavy atom. The third-order valence-electron chi connectivity index (χ3n) is 5.48. The van der Waals surface area contributed by atoms with Crippen LogP contribution in [0.25, 0.3) is 0 Å². The molecule has 3 aliphatic rings. The SMILES string of the molecule is FC1(F)CCC2(CC1)CC(NC1CCCCC1)C2. The molecule has 104 valence electrons. The average molecular weight is 257 g/mol. The Morgan fingerprint density at radius 3 is 2.00 bits per heavy atom. The second-order valence-electron chi connectivity index (χ2n) is 6.96. The molecule has 3 rings (SSSR count). The van der Waals surface area contributed by atoms with Crippen LogP contribution in [0.4, 0.5) is 8.78 Å². The molecule has 0 bridgehead atoms. The highest BCUT2D eigenvalue weighted by Gasteiger charge is 2.50. The van der Waals surface area contributed by atoms with Crippen LogP contribution in [-0.2, 0) is 0 Å². The summed E-state index contributed by atoms with van der Waals surface area (Å²) in [6.45, 7) is 0. The van der Waals surface area contributed by atoms with E-state index in [1.165, 1.54) is 32.1 Å². The summed E-state index contributed by atoms with van der Waals surface area (Å²) in [5.74, 6) is -2.37. The molecular formula is C15H25F2N. The zero-order valence-corrected chi connectivity index (χ0v) is 11.2. The molecule has 0 saturated heterocycles. The molecule has 0 aliphatic heterocycles. The van der Waals surface area contributed by atoms with E-state index in [-0.39, 0.29) is 18.3 Å². The zero-order chi connectivity index (χ0) is 12.6. The van der Waals surface area contributed by atoms with E-state index < -0.39 is 5.92 Å². The topological polar surface area (TPSA) is 12.0 Å². The fraction of sp³-hybridized carbons (Fsp3) is 1.00. The van der Waals surface area contributed by atoms with Crippen LogP contribution in [0.3, 0.4) is 0 Å². The molecule has 18 heavy (non-hydrogen) atoms. The van der Waals surface area contributed by atoms with E-state index in [2.05, 4.69) is 5.32 Å². The molecule has 0 heterocycles. The molecule has 3 heteroatoms. The third kappa shape index (κ3) is 2.71. The Hall–Kier alpha value is -0.180. The minimum absolute atomic E-state index is 0.128. The molecule has 1 spiro atoms. The van der Waals surface area contributed by atoms with Crippen molar-refractivity contribution in [3.63, 3.8) is 0 Å². The molecule has 1 N–H and O–H groups in total. The van der Waals surface area contributed by atoms with Crippen LogP contribution in [0.15, 0.2) is 0 Å². The van der Waals surface area contributed by atoms with Crippen molar-refractivity contribution in [3.8, 4) is 0 Å². The van der Waals surface area contributed by atoms with Crippen molar-refractivity contribution in [2.24, 2.45) is 5.41 Å². The number of halogens is 2. The Labute approximate surface area is 109 Å². The monoisotopic (exact) mass is 257 g/mol. The van der Waals surface area contributed by atoms with E-state index >= 15 is 0 Å². The van der Waals surface area contributed by atoms with Gasteiger partial charge in [0.25, 0.3) is 0 Å². The maximum atomic E-state index is 13.2. The molecular weight excluding hydrogens is 232 g/mol. The number of nitrogens with one attached hydrogen (secondary N) is 1. The molecule has 0 aromatic heterocycles. The summed E-state index contributed by atoms with van der Waals surface area (Å²) in [6, 6.07) is 1.34. The van der Waals surface area contributed by atoms with Gasteiger partial charge in [-0.15, -0.1) is 0 Å². The maximum absolute atomic E-state index is 13.2. The largest absolute Gasteiger partial charge is 0.311 e. The second-order valence-corrected chi connectivity index (χ2v) is 6.96. The van der Waals surface area contributed by atoms with Crippen LogP contribution < -0.4 is 5.32 Å². The average Bonchev–Trinajstić information content (AvgIpc) is 2.31. The lowest BCUT2D eigenvalue weighted by Crippen LogP contribution is -2.54. The third-order valence-corrected chi connectivity index (χ3v) is 5.48. The Kier molecular flexibility index (Phi) is 3.38. The first kappa shape index (κ1) is 12.8. The van der Waals surface area contributed by atoms with Crippen molar-refractivity contribution < 1.29 is 8.78 Å². The van der Waals surface area contributed by atoms with Crippen molar-refractivity contribution >= 4 is 0 Å². The number of hydrogen-bond acceptors (Lipinski definition) is 1. The van der Waals surface area contributed by atoms with Crippen molar-refractivity contribution in [1.29, 1.82) is 0 Å². The van der Waals surface area contributed by atoms with Crippen LogP contribution in [0.2, 0.25) is 0 Å². The Bertz CT molecular complexity index is 279. The van der Waals surface area contributed by atoms with Gasteiger partial charge in [-0.05, 0) is 43.9 Å². The molecule has 0 atom stereocenters. The van der Waals surface area contributed by atoms with Crippen molar-refractivity contribution in [2.75, 3.05) is 0 Å². The minimum Gasteiger partial charge on any atom is -0.311 e. The molecule has 3 saturated carbocycles. The lowest BCUT2D eigenvalue weighted by Gasteiger charge is -2.52. The normalized spacial score (nSPS) is 32.3. The summed E-state index contributed by atoms with van der Waals surface area (Å²) in [7, 11) is 0. The molecule has 3 aliphatic carbocycles. The van der Waals surface area contributed by atoms with Crippen molar-refractivity contribution in [1.82, 2.24) is 5.32 Å². The highest BCUT2D eigenvalue weighted by atomic mass is 19.3. The lowest BCUT2D eigenvalue weighted by molar-refractivity contribution is -0.0951. The van der Waals surface area contributed by atoms with Gasteiger partial charge < -0.3 is 5.32 Å². The molecule has 3 fully saturated rings. The fourth-order valence-electron chi connectivity index (χ4n) is 4.26. The van der Waals surface area contributed by atoms with Gasteiger partial charge in [-0.25, -0.2) is 8.78 Å². The first-order chi connectivity index (χ1) is 8.57. The van der Waals surface area contributed by atoms with E-state index in [0.717, 1.165) is 25.7 Å². The summed E-state index contributed by atoms with van der Waals surface area (Å²) in [5, 5.41) is 3.76. The zero-order valence-electron chi connectivity index (χ0n) is 11.2. The predicted molar refractivity (Wildman–Crippen MR) is 68.9 cm³/mol. The molecule has 0 aromatic rings. The highest BCUT2D eigenvalue weighted by Crippen LogP contribution is 2.54. The van der Waals surface area contributed by atoms with Gasteiger partial charge in [-0.2, -0.15) is 0 Å². The summed E-state index contributed by atoms with van der Waals surface area (Å²) >= 11 is 0. The first-order valence-corrected chi connectivity index (χ1v) is 7.71.